The molecule has 14 heavy (non-hydrogen) atoms. The second-order valence-corrected chi connectivity index (χ2v) is 5.14. The van der Waals surface area contributed by atoms with Crippen molar-refractivity contribution >= 4 is 22.7 Å². The van der Waals surface area contributed by atoms with E-state index in [0.29, 0.717) is 5.04 Å². The van der Waals surface area contributed by atoms with E-state index in [-0.39, 0.29) is 5.41 Å². The van der Waals surface area contributed by atoms with Crippen molar-refractivity contribution in [3.63, 3.8) is 0 Å². The number of amides is 1. The highest BCUT2D eigenvalue weighted by atomic mass is 32.2. The van der Waals surface area contributed by atoms with Crippen molar-refractivity contribution in [3.8, 4) is 0 Å². The van der Waals surface area contributed by atoms with Crippen LogP contribution in [-0.2, 0) is 4.79 Å². The number of nitrogens with zero attached hydrogens (tertiary/aromatic N) is 1. The van der Waals surface area contributed by atoms with Crippen LogP contribution in [0.5, 0.6) is 0 Å². The van der Waals surface area contributed by atoms with Crippen LogP contribution >= 0.6 is 11.8 Å². The summed E-state index contributed by atoms with van der Waals surface area (Å²) in [5.74, 6) is -0.479. The molecule has 0 bridgehead atoms. The molecule has 0 aliphatic carbocycles. The highest BCUT2D eigenvalue weighted by Crippen LogP contribution is 2.42. The molecule has 5 heteroatoms. The van der Waals surface area contributed by atoms with E-state index in [1.54, 1.807) is 13.2 Å². The zero-order valence-electron chi connectivity index (χ0n) is 9.29. The SMILES string of the molecule is CSC(=NO)C(C)(C(N)=O)C(C)(C)C. The molecule has 82 valence electrons. The van der Waals surface area contributed by atoms with Gasteiger partial charge in [-0.05, 0) is 18.6 Å². The Morgan fingerprint density at radius 1 is 1.36 bits per heavy atom. The van der Waals surface area contributed by atoms with E-state index in [1.807, 2.05) is 20.8 Å². The molecule has 0 saturated heterocycles. The largest absolute Gasteiger partial charge is 0.410 e. The van der Waals surface area contributed by atoms with E-state index < -0.39 is 11.3 Å². The highest BCUT2D eigenvalue weighted by molar-refractivity contribution is 8.13. The molecule has 0 aromatic rings. The lowest BCUT2D eigenvalue weighted by molar-refractivity contribution is -0.127. The predicted molar refractivity (Wildman–Crippen MR) is 59.5 cm³/mol. The molecule has 0 aliphatic heterocycles. The number of oxime groups is 1. The molecule has 0 aliphatic rings. The van der Waals surface area contributed by atoms with Crippen molar-refractivity contribution in [1.82, 2.24) is 0 Å². The second kappa shape index (κ2) is 4.21. The van der Waals surface area contributed by atoms with Gasteiger partial charge in [0, 0.05) is 0 Å². The Bertz CT molecular complexity index is 258. The molecule has 3 N–H and O–H groups in total. The van der Waals surface area contributed by atoms with Gasteiger partial charge in [0.25, 0.3) is 0 Å². The summed E-state index contributed by atoms with van der Waals surface area (Å²) < 4.78 is 0. The van der Waals surface area contributed by atoms with Crippen LogP contribution in [0.4, 0.5) is 0 Å². The Morgan fingerprint density at radius 3 is 1.86 bits per heavy atom. The van der Waals surface area contributed by atoms with Gasteiger partial charge in [-0.3, -0.25) is 4.79 Å². The molecule has 0 aromatic carbocycles. The maximum absolute atomic E-state index is 11.4. The molecule has 1 unspecified atom stereocenters. The second-order valence-electron chi connectivity index (χ2n) is 4.35. The van der Waals surface area contributed by atoms with Gasteiger partial charge in [0.05, 0.1) is 0 Å². The lowest BCUT2D eigenvalue weighted by Crippen LogP contribution is -2.49. The summed E-state index contributed by atoms with van der Waals surface area (Å²) in [6.07, 6.45) is 1.75. The van der Waals surface area contributed by atoms with Crippen molar-refractivity contribution < 1.29 is 10.0 Å². The van der Waals surface area contributed by atoms with Crippen molar-refractivity contribution in [2.45, 2.75) is 27.7 Å². The number of rotatable bonds is 2. The summed E-state index contributed by atoms with van der Waals surface area (Å²) in [6.45, 7) is 7.36. The first-order valence-electron chi connectivity index (χ1n) is 4.28. The smallest absolute Gasteiger partial charge is 0.230 e. The highest BCUT2D eigenvalue weighted by Gasteiger charge is 2.47. The van der Waals surface area contributed by atoms with Gasteiger partial charge >= 0.3 is 0 Å². The number of primary amides is 1. The minimum absolute atomic E-state index is 0.345. The summed E-state index contributed by atoms with van der Waals surface area (Å²) in [5.41, 5.74) is 4.04. The zero-order valence-corrected chi connectivity index (χ0v) is 10.1. The monoisotopic (exact) mass is 218 g/mol. The van der Waals surface area contributed by atoms with E-state index in [2.05, 4.69) is 5.16 Å². The quantitative estimate of drug-likeness (QED) is 0.320. The summed E-state index contributed by atoms with van der Waals surface area (Å²) >= 11 is 1.23. The van der Waals surface area contributed by atoms with Crippen molar-refractivity contribution in [3.05, 3.63) is 0 Å². The van der Waals surface area contributed by atoms with Gasteiger partial charge in [0.1, 0.15) is 10.5 Å². The molecule has 1 amide bonds. The van der Waals surface area contributed by atoms with Crippen molar-refractivity contribution in [2.24, 2.45) is 21.7 Å². The minimum atomic E-state index is -0.943. The van der Waals surface area contributed by atoms with Crippen molar-refractivity contribution in [2.75, 3.05) is 6.26 Å². The van der Waals surface area contributed by atoms with Crippen LogP contribution in [-0.4, -0.2) is 22.4 Å². The van der Waals surface area contributed by atoms with Crippen LogP contribution in [0.2, 0.25) is 0 Å². The number of carbonyl (C=O) groups excluding carboxylic acids is 1. The third kappa shape index (κ3) is 2.03. The maximum atomic E-state index is 11.4. The fourth-order valence-electron chi connectivity index (χ4n) is 1.14. The Labute approximate surface area is 88.9 Å². The number of thioether (sulfide) groups is 1. The van der Waals surface area contributed by atoms with E-state index in [0.717, 1.165) is 0 Å². The average molecular weight is 218 g/mol. The molecule has 0 fully saturated rings. The molecule has 4 nitrogen and oxygen atoms in total. The standard InChI is InChI=1S/C9H18N2O2S/c1-8(2,3)9(4,6(10)12)7(11-13)14-5/h13H,1-5H3,(H2,10,12). The van der Waals surface area contributed by atoms with Crippen LogP contribution in [0.25, 0.3) is 0 Å². The normalized spacial score (nSPS) is 17.6. The minimum Gasteiger partial charge on any atom is -0.410 e. The summed E-state index contributed by atoms with van der Waals surface area (Å²) in [4.78, 5) is 11.4. The third-order valence-corrected chi connectivity index (χ3v) is 3.58. The van der Waals surface area contributed by atoms with E-state index in [9.17, 15) is 4.79 Å². The van der Waals surface area contributed by atoms with Gasteiger partial charge in [0.2, 0.25) is 5.91 Å². The summed E-state index contributed by atoms with van der Waals surface area (Å²) in [6, 6.07) is 0. The van der Waals surface area contributed by atoms with Gasteiger partial charge in [0.15, 0.2) is 0 Å². The van der Waals surface area contributed by atoms with Crippen LogP contribution < -0.4 is 5.73 Å². The van der Waals surface area contributed by atoms with Gasteiger partial charge < -0.3 is 10.9 Å². The molecule has 0 radical (unpaired) electrons. The first-order valence-corrected chi connectivity index (χ1v) is 5.50. The van der Waals surface area contributed by atoms with E-state index >= 15 is 0 Å². The maximum Gasteiger partial charge on any atom is 0.230 e. The Morgan fingerprint density at radius 2 is 1.79 bits per heavy atom. The summed E-state index contributed by atoms with van der Waals surface area (Å²) in [7, 11) is 0. The third-order valence-electron chi connectivity index (χ3n) is 2.70. The van der Waals surface area contributed by atoms with Crippen LogP contribution in [0.3, 0.4) is 0 Å². The van der Waals surface area contributed by atoms with E-state index in [4.69, 9.17) is 10.9 Å². The Kier molecular flexibility index (Phi) is 4.00. The fraction of sp³-hybridized carbons (Fsp3) is 0.778. The lowest BCUT2D eigenvalue weighted by Gasteiger charge is -2.38. The molecule has 0 rings (SSSR count). The number of carbonyl (C=O) groups is 1. The van der Waals surface area contributed by atoms with Crippen LogP contribution in [0.1, 0.15) is 27.7 Å². The molecular weight excluding hydrogens is 200 g/mol. The number of nitrogens with two attached hydrogens (primary N) is 1. The van der Waals surface area contributed by atoms with Crippen LogP contribution in [0.15, 0.2) is 5.16 Å². The van der Waals surface area contributed by atoms with Gasteiger partial charge in [-0.25, -0.2) is 0 Å². The van der Waals surface area contributed by atoms with Gasteiger partial charge in [-0.1, -0.05) is 25.9 Å². The molecule has 0 aromatic heterocycles. The predicted octanol–water partition coefficient (Wildman–Crippen LogP) is 1.67. The molecule has 0 saturated carbocycles. The molecular formula is C9H18N2O2S. The Hall–Kier alpha value is -0.710. The Balaban J connectivity index is 5.44. The number of hydrogen-bond acceptors (Lipinski definition) is 4. The topological polar surface area (TPSA) is 75.7 Å². The van der Waals surface area contributed by atoms with E-state index in [1.165, 1.54) is 11.8 Å². The van der Waals surface area contributed by atoms with Crippen LogP contribution in [0, 0.1) is 10.8 Å². The molecule has 0 heterocycles. The lowest BCUT2D eigenvalue weighted by atomic mass is 9.68. The first kappa shape index (κ1) is 13.3. The molecule has 0 spiro atoms. The van der Waals surface area contributed by atoms with Gasteiger partial charge in [-0.15, -0.1) is 11.8 Å². The van der Waals surface area contributed by atoms with Gasteiger partial charge in [-0.2, -0.15) is 0 Å². The average Bonchev–Trinajstić information content (AvgIpc) is 2.03. The van der Waals surface area contributed by atoms with Crippen molar-refractivity contribution in [1.29, 1.82) is 0 Å². The number of hydrogen-bond donors (Lipinski definition) is 2. The zero-order chi connectivity index (χ0) is 11.6. The summed E-state index contributed by atoms with van der Waals surface area (Å²) in [5, 5.41) is 12.3. The fourth-order valence-corrected chi connectivity index (χ4v) is 2.04. The first-order chi connectivity index (χ1) is 6.21. The molecule has 1 atom stereocenters.